The van der Waals surface area contributed by atoms with Crippen LogP contribution in [0.3, 0.4) is 0 Å². The van der Waals surface area contributed by atoms with Gasteiger partial charge in [0.1, 0.15) is 0 Å². The van der Waals surface area contributed by atoms with Crippen molar-refractivity contribution in [1.82, 2.24) is 15.0 Å². The predicted molar refractivity (Wildman–Crippen MR) is 172 cm³/mol. The highest BCUT2D eigenvalue weighted by atomic mass is 14.9. The van der Waals surface area contributed by atoms with E-state index < -0.39 is 0 Å². The standard InChI is InChI=1S/C39H27N3/c1-3-11-28(12-4-1)30-15-7-18-33(23-30)37-26-38(34-19-8-16-31(24-34)29-13-5-2-6-14-29)42-39(41-37)35-20-9-17-32(25-35)36-21-10-22-40-27-36/h1-27H. The fourth-order valence-corrected chi connectivity index (χ4v) is 5.22. The van der Waals surface area contributed by atoms with E-state index in [1.807, 2.05) is 24.4 Å². The van der Waals surface area contributed by atoms with Crippen LogP contribution in [0.25, 0.3) is 67.3 Å². The van der Waals surface area contributed by atoms with Gasteiger partial charge in [0.2, 0.25) is 0 Å². The molecule has 0 N–H and O–H groups in total. The Morgan fingerprint density at radius 3 is 1.26 bits per heavy atom. The molecule has 0 fully saturated rings. The second-order valence-electron chi connectivity index (χ2n) is 10.2. The van der Waals surface area contributed by atoms with Crippen molar-refractivity contribution in [2.24, 2.45) is 0 Å². The fraction of sp³-hybridized carbons (Fsp3) is 0. The molecule has 42 heavy (non-hydrogen) atoms. The molecule has 0 aliphatic carbocycles. The molecule has 2 heterocycles. The maximum atomic E-state index is 5.12. The summed E-state index contributed by atoms with van der Waals surface area (Å²) in [5.74, 6) is 0.684. The molecule has 2 aromatic heterocycles. The van der Waals surface area contributed by atoms with E-state index in [9.17, 15) is 0 Å². The van der Waals surface area contributed by atoms with Gasteiger partial charge in [-0.25, -0.2) is 9.97 Å². The first kappa shape index (κ1) is 25.3. The Balaban J connectivity index is 1.38. The average Bonchev–Trinajstić information content (AvgIpc) is 3.09. The highest BCUT2D eigenvalue weighted by Gasteiger charge is 2.13. The number of hydrogen-bond acceptors (Lipinski definition) is 3. The van der Waals surface area contributed by atoms with E-state index in [2.05, 4.69) is 138 Å². The summed E-state index contributed by atoms with van der Waals surface area (Å²) in [6, 6.07) is 52.5. The lowest BCUT2D eigenvalue weighted by atomic mass is 9.99. The van der Waals surface area contributed by atoms with Gasteiger partial charge in [0.15, 0.2) is 5.82 Å². The van der Waals surface area contributed by atoms with Crippen LogP contribution in [-0.4, -0.2) is 15.0 Å². The third-order valence-corrected chi connectivity index (χ3v) is 7.37. The van der Waals surface area contributed by atoms with Gasteiger partial charge in [0.05, 0.1) is 11.4 Å². The normalized spacial score (nSPS) is 10.9. The molecular weight excluding hydrogens is 510 g/mol. The van der Waals surface area contributed by atoms with Gasteiger partial charge in [-0.05, 0) is 58.1 Å². The van der Waals surface area contributed by atoms with Crippen molar-refractivity contribution >= 4 is 0 Å². The van der Waals surface area contributed by atoms with Crippen LogP contribution in [0.4, 0.5) is 0 Å². The first-order chi connectivity index (χ1) is 20.8. The van der Waals surface area contributed by atoms with Crippen molar-refractivity contribution < 1.29 is 0 Å². The monoisotopic (exact) mass is 537 g/mol. The third kappa shape index (κ3) is 5.36. The molecule has 198 valence electrons. The number of rotatable bonds is 6. The van der Waals surface area contributed by atoms with Gasteiger partial charge < -0.3 is 0 Å². The fourth-order valence-electron chi connectivity index (χ4n) is 5.22. The van der Waals surface area contributed by atoms with E-state index in [4.69, 9.17) is 9.97 Å². The van der Waals surface area contributed by atoms with Gasteiger partial charge in [-0.15, -0.1) is 0 Å². The summed E-state index contributed by atoms with van der Waals surface area (Å²) >= 11 is 0. The third-order valence-electron chi connectivity index (χ3n) is 7.37. The molecule has 3 heteroatoms. The molecule has 7 rings (SSSR count). The van der Waals surface area contributed by atoms with Gasteiger partial charge in [0.25, 0.3) is 0 Å². The Morgan fingerprint density at radius 2 is 0.738 bits per heavy atom. The Hall–Kier alpha value is -5.67. The van der Waals surface area contributed by atoms with E-state index in [1.54, 1.807) is 6.20 Å². The van der Waals surface area contributed by atoms with Crippen molar-refractivity contribution in [2.45, 2.75) is 0 Å². The highest BCUT2D eigenvalue weighted by Crippen LogP contribution is 2.33. The summed E-state index contributed by atoms with van der Waals surface area (Å²) in [4.78, 5) is 14.6. The Bertz CT molecular complexity index is 1720. The summed E-state index contributed by atoms with van der Waals surface area (Å²) in [5.41, 5.74) is 11.6. The molecule has 5 aromatic carbocycles. The van der Waals surface area contributed by atoms with Crippen molar-refractivity contribution in [2.75, 3.05) is 0 Å². The molecule has 0 saturated heterocycles. The second kappa shape index (κ2) is 11.4. The van der Waals surface area contributed by atoms with Crippen LogP contribution in [0.2, 0.25) is 0 Å². The Labute approximate surface area is 245 Å². The molecule has 0 unspecified atom stereocenters. The van der Waals surface area contributed by atoms with E-state index in [-0.39, 0.29) is 0 Å². The van der Waals surface area contributed by atoms with Crippen LogP contribution in [0.1, 0.15) is 0 Å². The topological polar surface area (TPSA) is 38.7 Å². The Morgan fingerprint density at radius 1 is 0.310 bits per heavy atom. The highest BCUT2D eigenvalue weighted by molar-refractivity contribution is 5.78. The minimum absolute atomic E-state index is 0.684. The maximum absolute atomic E-state index is 5.12. The zero-order valence-corrected chi connectivity index (χ0v) is 22.9. The number of nitrogens with zero attached hydrogens (tertiary/aromatic N) is 3. The first-order valence-electron chi connectivity index (χ1n) is 14.0. The van der Waals surface area contributed by atoms with Gasteiger partial charge in [-0.1, -0.05) is 121 Å². The molecule has 0 saturated carbocycles. The summed E-state index contributed by atoms with van der Waals surface area (Å²) in [6.45, 7) is 0. The second-order valence-corrected chi connectivity index (χ2v) is 10.2. The molecule has 0 aliphatic heterocycles. The molecule has 0 amide bonds. The van der Waals surface area contributed by atoms with E-state index in [0.29, 0.717) is 5.82 Å². The average molecular weight is 538 g/mol. The molecule has 0 bridgehead atoms. The zero-order chi connectivity index (χ0) is 28.1. The quantitative estimate of drug-likeness (QED) is 0.212. The SMILES string of the molecule is c1ccc(-c2cccc(-c3cc(-c4cccc(-c5ccccc5)c4)nc(-c4cccc(-c5cccnc5)c4)n3)c2)cc1. The smallest absolute Gasteiger partial charge is 0.160 e. The first-order valence-corrected chi connectivity index (χ1v) is 14.0. The lowest BCUT2D eigenvalue weighted by Gasteiger charge is -2.12. The van der Waals surface area contributed by atoms with Crippen molar-refractivity contribution in [3.8, 4) is 67.3 Å². The summed E-state index contributed by atoms with van der Waals surface area (Å²) < 4.78 is 0. The van der Waals surface area contributed by atoms with E-state index in [0.717, 1.165) is 50.3 Å². The van der Waals surface area contributed by atoms with Crippen LogP contribution in [0.5, 0.6) is 0 Å². The van der Waals surface area contributed by atoms with Gasteiger partial charge in [-0.2, -0.15) is 0 Å². The van der Waals surface area contributed by atoms with Gasteiger partial charge >= 0.3 is 0 Å². The van der Waals surface area contributed by atoms with Crippen LogP contribution in [0, 0.1) is 0 Å². The molecular formula is C39H27N3. The predicted octanol–water partition coefficient (Wildman–Crippen LogP) is 9.87. The van der Waals surface area contributed by atoms with Gasteiger partial charge in [-0.3, -0.25) is 4.98 Å². The van der Waals surface area contributed by atoms with Crippen LogP contribution >= 0.6 is 0 Å². The maximum Gasteiger partial charge on any atom is 0.160 e. The van der Waals surface area contributed by atoms with Crippen molar-refractivity contribution in [3.05, 3.63) is 164 Å². The molecule has 0 atom stereocenters. The number of pyridine rings is 1. The van der Waals surface area contributed by atoms with Crippen LogP contribution < -0.4 is 0 Å². The lowest BCUT2D eigenvalue weighted by Crippen LogP contribution is -1.96. The minimum atomic E-state index is 0.684. The number of aromatic nitrogens is 3. The molecule has 0 aliphatic rings. The summed E-state index contributed by atoms with van der Waals surface area (Å²) in [7, 11) is 0. The van der Waals surface area contributed by atoms with Crippen molar-refractivity contribution in [3.63, 3.8) is 0 Å². The zero-order valence-electron chi connectivity index (χ0n) is 22.9. The minimum Gasteiger partial charge on any atom is -0.264 e. The number of benzene rings is 5. The molecule has 3 nitrogen and oxygen atoms in total. The molecule has 7 aromatic rings. The summed E-state index contributed by atoms with van der Waals surface area (Å²) in [6.07, 6.45) is 3.67. The largest absolute Gasteiger partial charge is 0.264 e. The molecule has 0 spiro atoms. The summed E-state index contributed by atoms with van der Waals surface area (Å²) in [5, 5.41) is 0. The van der Waals surface area contributed by atoms with Gasteiger partial charge in [0, 0.05) is 34.6 Å². The van der Waals surface area contributed by atoms with Crippen LogP contribution in [-0.2, 0) is 0 Å². The van der Waals surface area contributed by atoms with Crippen LogP contribution in [0.15, 0.2) is 164 Å². The Kier molecular flexibility index (Phi) is 6.89. The lowest BCUT2D eigenvalue weighted by molar-refractivity contribution is 1.18. The van der Waals surface area contributed by atoms with Crippen molar-refractivity contribution in [1.29, 1.82) is 0 Å². The van der Waals surface area contributed by atoms with E-state index in [1.165, 1.54) is 11.1 Å². The van der Waals surface area contributed by atoms with E-state index >= 15 is 0 Å². The number of hydrogen-bond donors (Lipinski definition) is 0. The molecule has 0 radical (unpaired) electrons.